The van der Waals surface area contributed by atoms with Gasteiger partial charge >= 0.3 is 23.5 Å². The van der Waals surface area contributed by atoms with Crippen molar-refractivity contribution in [1.82, 2.24) is 0 Å². The quantitative estimate of drug-likeness (QED) is 0.114. The number of esters is 3. The molecule has 1 aliphatic rings. The molecule has 1 fully saturated rings. The Kier molecular flexibility index (Phi) is 12.4. The minimum absolute atomic E-state index is 0.153. The van der Waals surface area contributed by atoms with Crippen molar-refractivity contribution in [2.45, 2.75) is 115 Å². The summed E-state index contributed by atoms with van der Waals surface area (Å²) >= 11 is 1.59. The van der Waals surface area contributed by atoms with E-state index in [-0.39, 0.29) is 39.8 Å². The molecule has 0 saturated carbocycles. The van der Waals surface area contributed by atoms with Gasteiger partial charge in [0.05, 0.1) is 17.6 Å². The van der Waals surface area contributed by atoms with Crippen LogP contribution in [-0.4, -0.2) is 61.6 Å². The molecule has 2 heterocycles. The molecule has 0 bridgehead atoms. The number of carbonyl (C=O) groups is 3. The van der Waals surface area contributed by atoms with Crippen molar-refractivity contribution in [3.05, 3.63) is 45.8 Å². The smallest absolute Gasteiger partial charge is 0.341 e. The van der Waals surface area contributed by atoms with Crippen LogP contribution in [0.4, 0.5) is 8.78 Å². The summed E-state index contributed by atoms with van der Waals surface area (Å²) in [5, 5.41) is -0.268. The number of halogens is 2. The monoisotopic (exact) mass is 672 g/mol. The summed E-state index contributed by atoms with van der Waals surface area (Å²) in [7, 11) is -2.32. The van der Waals surface area contributed by atoms with Crippen LogP contribution in [0.3, 0.4) is 0 Å². The van der Waals surface area contributed by atoms with Crippen LogP contribution < -0.4 is 5.63 Å². The molecule has 0 amide bonds. The van der Waals surface area contributed by atoms with Gasteiger partial charge in [-0.15, -0.1) is 0 Å². The van der Waals surface area contributed by atoms with Gasteiger partial charge in [-0.05, 0) is 34.8 Å². The largest absolute Gasteiger partial charge is 0.463 e. The van der Waals surface area contributed by atoms with Crippen molar-refractivity contribution in [1.29, 1.82) is 0 Å². The van der Waals surface area contributed by atoms with E-state index in [1.165, 1.54) is 20.8 Å². The van der Waals surface area contributed by atoms with Crippen LogP contribution >= 0.6 is 11.2 Å². The summed E-state index contributed by atoms with van der Waals surface area (Å²) in [4.78, 5) is 49.4. The first-order chi connectivity index (χ1) is 21.0. The highest BCUT2D eigenvalue weighted by molar-refractivity contribution is 8.29. The molecular weight excluding hydrogens is 630 g/mol. The topological polar surface area (TPSA) is 128 Å². The van der Waals surface area contributed by atoms with E-state index in [0.29, 0.717) is 0 Å². The molecule has 3 rings (SSSR count). The number of carbonyl (C=O) groups excluding carboxylic acids is 3. The molecule has 45 heavy (non-hydrogen) atoms. The maximum atomic E-state index is 14.6. The molecule has 250 valence electrons. The summed E-state index contributed by atoms with van der Waals surface area (Å²) in [6.07, 6.45) is -4.66. The predicted molar refractivity (Wildman–Crippen MR) is 166 cm³/mol. The third-order valence-electron chi connectivity index (χ3n) is 7.98. The summed E-state index contributed by atoms with van der Waals surface area (Å²) in [5.74, 6) is -4.29. The third-order valence-corrected chi connectivity index (χ3v) is 20.6. The van der Waals surface area contributed by atoms with Crippen molar-refractivity contribution >= 4 is 47.3 Å². The Morgan fingerprint density at radius 3 is 2.00 bits per heavy atom. The molecule has 0 N–H and O–H groups in total. The van der Waals surface area contributed by atoms with Crippen molar-refractivity contribution in [2.24, 2.45) is 0 Å². The van der Waals surface area contributed by atoms with E-state index in [1.54, 1.807) is 11.2 Å². The molecule has 14 heteroatoms. The lowest BCUT2D eigenvalue weighted by atomic mass is 9.99. The lowest BCUT2D eigenvalue weighted by molar-refractivity contribution is -0.241. The SMILES string of the molecule is CC(=O)OC[C@H]1O[C@@H](S[Si](C(C)C)(C(C)C)C(C)C)[C@H](OC(C)=O)[C@@H](OCc2cc3c(F)c(F)ccc3oc2=O)[C@H]1OC(C)=O. The summed E-state index contributed by atoms with van der Waals surface area (Å²) in [6, 6.07) is 3.11. The second kappa shape index (κ2) is 15.2. The van der Waals surface area contributed by atoms with Gasteiger partial charge in [-0.25, -0.2) is 13.6 Å². The summed E-state index contributed by atoms with van der Waals surface area (Å²) in [5.41, 5.74) is -1.22. The standard InChI is InChI=1S/C31H42F2O10SSi/c1-15(2)45(16(3)4,17(5)6)44-31-29(41-20(9)36)28(27(40-19(8)35)25(43-31)14-38-18(7)34)39-13-21-12-22-24(42-30(21)37)11-10-23(32)26(22)33/h10-12,15-17,25,27-29,31H,13-14H2,1-9H3/t25-,27+,28+,29-,31+/m1/s1. The molecule has 2 aromatic rings. The van der Waals surface area contributed by atoms with E-state index < -0.39 is 78.9 Å². The van der Waals surface area contributed by atoms with Gasteiger partial charge < -0.3 is 28.1 Å². The normalized spacial score (nSPS) is 22.2. The highest BCUT2D eigenvalue weighted by Crippen LogP contribution is 2.53. The lowest BCUT2D eigenvalue weighted by Crippen LogP contribution is -2.62. The Labute approximate surface area is 266 Å². The number of fused-ring (bicyclic) bond motifs is 1. The zero-order chi connectivity index (χ0) is 33.8. The third kappa shape index (κ3) is 8.32. The number of hydrogen-bond donors (Lipinski definition) is 0. The van der Waals surface area contributed by atoms with Crippen LogP contribution in [0.5, 0.6) is 0 Å². The highest BCUT2D eigenvalue weighted by atomic mass is 32.4. The zero-order valence-corrected chi connectivity index (χ0v) is 28.8. The average Bonchev–Trinajstić information content (AvgIpc) is 2.92. The molecule has 10 nitrogen and oxygen atoms in total. The van der Waals surface area contributed by atoms with Crippen molar-refractivity contribution < 1.29 is 51.3 Å². The van der Waals surface area contributed by atoms with Gasteiger partial charge in [-0.1, -0.05) is 41.5 Å². The second-order valence-corrected chi connectivity index (χ2v) is 20.7. The number of rotatable bonds is 12. The molecule has 0 radical (unpaired) electrons. The van der Waals surface area contributed by atoms with Crippen LogP contribution in [0, 0.1) is 11.6 Å². The van der Waals surface area contributed by atoms with Crippen LogP contribution in [0.25, 0.3) is 11.0 Å². The van der Waals surface area contributed by atoms with Crippen LogP contribution in [0.1, 0.15) is 67.9 Å². The maximum absolute atomic E-state index is 14.6. The van der Waals surface area contributed by atoms with Gasteiger partial charge in [-0.2, -0.15) is 11.2 Å². The molecule has 1 saturated heterocycles. The fourth-order valence-corrected chi connectivity index (χ4v) is 16.2. The first-order valence-electron chi connectivity index (χ1n) is 14.8. The Morgan fingerprint density at radius 1 is 0.889 bits per heavy atom. The Morgan fingerprint density at radius 2 is 1.47 bits per heavy atom. The first-order valence-corrected chi connectivity index (χ1v) is 18.7. The Bertz CT molecular complexity index is 1420. The minimum Gasteiger partial charge on any atom is -0.463 e. The molecule has 0 aliphatic carbocycles. The average molecular weight is 673 g/mol. The molecule has 1 aliphatic heterocycles. The minimum atomic E-state index is -2.32. The van der Waals surface area contributed by atoms with Crippen LogP contribution in [0.2, 0.25) is 16.6 Å². The van der Waals surface area contributed by atoms with Gasteiger partial charge in [0.15, 0.2) is 23.8 Å². The van der Waals surface area contributed by atoms with Gasteiger partial charge in [0.25, 0.3) is 0 Å². The first kappa shape index (κ1) is 36.7. The molecule has 5 atom stereocenters. The van der Waals surface area contributed by atoms with Crippen molar-refractivity contribution in [3.8, 4) is 0 Å². The summed E-state index contributed by atoms with van der Waals surface area (Å²) < 4.78 is 63.1. The number of hydrogen-bond acceptors (Lipinski definition) is 11. The Balaban J connectivity index is 2.14. The van der Waals surface area contributed by atoms with E-state index in [0.717, 1.165) is 18.2 Å². The van der Waals surface area contributed by atoms with Gasteiger partial charge in [0, 0.05) is 20.8 Å². The van der Waals surface area contributed by atoms with E-state index in [2.05, 4.69) is 41.5 Å². The van der Waals surface area contributed by atoms with E-state index in [4.69, 9.17) is 28.1 Å². The predicted octanol–water partition coefficient (Wildman–Crippen LogP) is 6.02. The molecular formula is C31H42F2O10SSi. The maximum Gasteiger partial charge on any atom is 0.341 e. The molecule has 1 aromatic carbocycles. The highest BCUT2D eigenvalue weighted by Gasteiger charge is 2.55. The van der Waals surface area contributed by atoms with Gasteiger partial charge in [-0.3, -0.25) is 14.4 Å². The lowest BCUT2D eigenvalue weighted by Gasteiger charge is -2.50. The molecule has 0 spiro atoms. The molecule has 0 unspecified atom stereocenters. The number of ether oxygens (including phenoxy) is 5. The van der Waals surface area contributed by atoms with E-state index >= 15 is 0 Å². The summed E-state index contributed by atoms with van der Waals surface area (Å²) in [6.45, 7) is 15.7. The van der Waals surface area contributed by atoms with Gasteiger partial charge in [0.2, 0.25) is 0 Å². The van der Waals surface area contributed by atoms with Crippen molar-refractivity contribution in [3.63, 3.8) is 0 Å². The van der Waals surface area contributed by atoms with E-state index in [1.807, 2.05) is 0 Å². The van der Waals surface area contributed by atoms with Crippen molar-refractivity contribution in [2.75, 3.05) is 6.61 Å². The fraction of sp³-hybridized carbons (Fsp3) is 0.613. The van der Waals surface area contributed by atoms with Gasteiger partial charge in [0.1, 0.15) is 37.1 Å². The second-order valence-electron chi connectivity index (χ2n) is 12.0. The molecule has 1 aromatic heterocycles. The number of benzene rings is 1. The zero-order valence-electron chi connectivity index (χ0n) is 27.0. The van der Waals surface area contributed by atoms with E-state index in [9.17, 15) is 28.0 Å². The fourth-order valence-electron chi connectivity index (χ4n) is 6.21. The van der Waals surface area contributed by atoms with Crippen LogP contribution in [-0.2, 0) is 44.7 Å². The Hall–Kier alpha value is -2.81. The van der Waals surface area contributed by atoms with Crippen LogP contribution in [0.15, 0.2) is 27.4 Å².